The van der Waals surface area contributed by atoms with Crippen LogP contribution in [0.25, 0.3) is 5.76 Å². The maximum atomic E-state index is 13.1. The van der Waals surface area contributed by atoms with Crippen molar-refractivity contribution in [1.82, 2.24) is 9.80 Å². The highest BCUT2D eigenvalue weighted by Crippen LogP contribution is 2.42. The van der Waals surface area contributed by atoms with E-state index in [2.05, 4.69) is 15.9 Å². The van der Waals surface area contributed by atoms with Crippen molar-refractivity contribution in [2.45, 2.75) is 19.4 Å². The van der Waals surface area contributed by atoms with Gasteiger partial charge in [0.1, 0.15) is 5.76 Å². The van der Waals surface area contributed by atoms with Crippen molar-refractivity contribution >= 4 is 33.4 Å². The highest BCUT2D eigenvalue weighted by molar-refractivity contribution is 9.10. The Hall–Kier alpha value is -2.84. The van der Waals surface area contributed by atoms with E-state index in [9.17, 15) is 14.7 Å². The number of aliphatic hydroxyl groups is 1. The molecule has 1 atom stereocenters. The number of nitrogens with zero attached hydrogens (tertiary/aromatic N) is 2. The fourth-order valence-electron chi connectivity index (χ4n) is 3.91. The normalized spacial score (nSPS) is 17.6. The molecular weight excluding hydrogens is 488 g/mol. The average Bonchev–Trinajstić information content (AvgIpc) is 3.04. The zero-order chi connectivity index (χ0) is 24.1. The smallest absolute Gasteiger partial charge is 0.295 e. The van der Waals surface area contributed by atoms with Gasteiger partial charge in [-0.05, 0) is 63.8 Å². The van der Waals surface area contributed by atoms with Crippen LogP contribution in [0.1, 0.15) is 30.5 Å². The molecule has 0 spiro atoms. The molecule has 1 amide bonds. The van der Waals surface area contributed by atoms with Gasteiger partial charge in [-0.25, -0.2) is 0 Å². The van der Waals surface area contributed by atoms with E-state index in [1.807, 2.05) is 25.9 Å². The van der Waals surface area contributed by atoms with E-state index in [0.29, 0.717) is 42.2 Å². The lowest BCUT2D eigenvalue weighted by Gasteiger charge is -2.26. The zero-order valence-corrected chi connectivity index (χ0v) is 20.9. The molecule has 3 rings (SSSR count). The minimum Gasteiger partial charge on any atom is -0.507 e. The van der Waals surface area contributed by atoms with Crippen molar-refractivity contribution in [3.63, 3.8) is 0 Å². The van der Waals surface area contributed by atoms with E-state index in [4.69, 9.17) is 9.47 Å². The molecule has 33 heavy (non-hydrogen) atoms. The van der Waals surface area contributed by atoms with Gasteiger partial charge in [0.25, 0.3) is 11.7 Å². The van der Waals surface area contributed by atoms with Gasteiger partial charge in [-0.2, -0.15) is 0 Å². The van der Waals surface area contributed by atoms with Gasteiger partial charge in [-0.3, -0.25) is 9.59 Å². The number of halogens is 1. The van der Waals surface area contributed by atoms with E-state index in [1.165, 1.54) is 12.0 Å². The van der Waals surface area contributed by atoms with Gasteiger partial charge in [0.05, 0.1) is 25.3 Å². The van der Waals surface area contributed by atoms with Gasteiger partial charge in [0.15, 0.2) is 11.5 Å². The van der Waals surface area contributed by atoms with Crippen LogP contribution in [0.2, 0.25) is 0 Å². The third-order valence-corrected chi connectivity index (χ3v) is 5.99. The molecule has 7 nitrogen and oxygen atoms in total. The largest absolute Gasteiger partial charge is 0.507 e. The van der Waals surface area contributed by atoms with Gasteiger partial charge in [-0.1, -0.05) is 34.1 Å². The molecule has 1 heterocycles. The number of methoxy groups -OCH3 is 1. The number of ketones is 1. The molecule has 1 saturated heterocycles. The van der Waals surface area contributed by atoms with Gasteiger partial charge < -0.3 is 24.4 Å². The van der Waals surface area contributed by atoms with Crippen molar-refractivity contribution < 1.29 is 24.2 Å². The van der Waals surface area contributed by atoms with Crippen LogP contribution in [-0.4, -0.2) is 67.5 Å². The fourth-order valence-corrected chi connectivity index (χ4v) is 4.17. The minimum absolute atomic E-state index is 0.0680. The molecule has 1 aliphatic heterocycles. The Labute approximate surface area is 202 Å². The fraction of sp³-hybridized carbons (Fsp3) is 0.360. The van der Waals surface area contributed by atoms with Crippen molar-refractivity contribution in [3.8, 4) is 11.5 Å². The van der Waals surface area contributed by atoms with Gasteiger partial charge >= 0.3 is 0 Å². The van der Waals surface area contributed by atoms with Crippen LogP contribution in [0.5, 0.6) is 11.5 Å². The molecule has 1 aliphatic rings. The number of aliphatic hydroxyl groups excluding tert-OH is 1. The third kappa shape index (κ3) is 5.39. The highest BCUT2D eigenvalue weighted by atomic mass is 79.9. The molecule has 1 fully saturated rings. The van der Waals surface area contributed by atoms with Crippen LogP contribution < -0.4 is 9.47 Å². The summed E-state index contributed by atoms with van der Waals surface area (Å²) in [6, 6.07) is 11.5. The summed E-state index contributed by atoms with van der Waals surface area (Å²) >= 11 is 3.38. The predicted molar refractivity (Wildman–Crippen MR) is 130 cm³/mol. The summed E-state index contributed by atoms with van der Waals surface area (Å²) in [5, 5.41) is 11.1. The Bertz CT molecular complexity index is 1050. The summed E-state index contributed by atoms with van der Waals surface area (Å²) < 4.78 is 11.9. The number of Topliss-reactive ketones (excluding diaryl/α,β-unsaturated/α-hetero) is 1. The molecule has 2 aromatic carbocycles. The van der Waals surface area contributed by atoms with E-state index in [0.717, 1.165) is 11.0 Å². The first-order chi connectivity index (χ1) is 15.8. The predicted octanol–water partition coefficient (Wildman–Crippen LogP) is 4.23. The second kappa shape index (κ2) is 10.9. The van der Waals surface area contributed by atoms with Gasteiger partial charge in [0.2, 0.25) is 0 Å². The average molecular weight is 517 g/mol. The lowest BCUT2D eigenvalue weighted by atomic mass is 9.95. The van der Waals surface area contributed by atoms with Crippen LogP contribution in [0, 0.1) is 0 Å². The Kier molecular flexibility index (Phi) is 8.15. The van der Waals surface area contributed by atoms with Crippen LogP contribution in [0.4, 0.5) is 0 Å². The molecule has 176 valence electrons. The lowest BCUT2D eigenvalue weighted by Crippen LogP contribution is -2.32. The molecule has 0 aromatic heterocycles. The van der Waals surface area contributed by atoms with Crippen LogP contribution in [0.15, 0.2) is 52.5 Å². The van der Waals surface area contributed by atoms with Crippen LogP contribution >= 0.6 is 15.9 Å². The van der Waals surface area contributed by atoms with E-state index in [1.54, 1.807) is 42.5 Å². The SMILES string of the molecule is CCOc1ccc([C@@H]2C(=C(O)c3ccc(Br)cc3)C(=O)C(=O)N2CCCN(C)C)cc1OC. The van der Waals surface area contributed by atoms with E-state index in [-0.39, 0.29) is 11.3 Å². The number of ether oxygens (including phenoxy) is 2. The first-order valence-corrected chi connectivity index (χ1v) is 11.6. The summed E-state index contributed by atoms with van der Waals surface area (Å²) in [5.41, 5.74) is 1.20. The molecule has 0 radical (unpaired) electrons. The summed E-state index contributed by atoms with van der Waals surface area (Å²) in [4.78, 5) is 29.7. The van der Waals surface area contributed by atoms with Crippen molar-refractivity contribution in [3.05, 3.63) is 63.6 Å². The van der Waals surface area contributed by atoms with Crippen LogP contribution in [0.3, 0.4) is 0 Å². The van der Waals surface area contributed by atoms with Gasteiger partial charge in [0, 0.05) is 16.6 Å². The number of likely N-dealkylation sites (tertiary alicyclic amines) is 1. The monoisotopic (exact) mass is 516 g/mol. The first-order valence-electron chi connectivity index (χ1n) is 10.8. The summed E-state index contributed by atoms with van der Waals surface area (Å²) in [6.07, 6.45) is 0.684. The number of carbonyl (C=O) groups is 2. The summed E-state index contributed by atoms with van der Waals surface area (Å²) in [7, 11) is 5.45. The molecule has 0 unspecified atom stereocenters. The van der Waals surface area contributed by atoms with Crippen molar-refractivity contribution in [2.75, 3.05) is 40.9 Å². The Morgan fingerprint density at radius 2 is 1.82 bits per heavy atom. The molecule has 0 bridgehead atoms. The number of hydrogen-bond acceptors (Lipinski definition) is 6. The second-order valence-electron chi connectivity index (χ2n) is 8.00. The number of benzene rings is 2. The topological polar surface area (TPSA) is 79.3 Å². The van der Waals surface area contributed by atoms with Crippen LogP contribution in [-0.2, 0) is 9.59 Å². The Morgan fingerprint density at radius 1 is 1.12 bits per heavy atom. The zero-order valence-electron chi connectivity index (χ0n) is 19.3. The van der Waals surface area contributed by atoms with Crippen molar-refractivity contribution in [1.29, 1.82) is 0 Å². The molecule has 8 heteroatoms. The first kappa shape index (κ1) is 24.8. The summed E-state index contributed by atoms with van der Waals surface area (Å²) in [6.45, 7) is 3.49. The highest BCUT2D eigenvalue weighted by Gasteiger charge is 2.46. The molecule has 1 N–H and O–H groups in total. The maximum Gasteiger partial charge on any atom is 0.295 e. The quantitative estimate of drug-likeness (QED) is 0.305. The minimum atomic E-state index is -0.736. The lowest BCUT2D eigenvalue weighted by molar-refractivity contribution is -0.139. The van der Waals surface area contributed by atoms with E-state index < -0.39 is 17.7 Å². The number of hydrogen-bond donors (Lipinski definition) is 1. The third-order valence-electron chi connectivity index (χ3n) is 5.47. The Balaban J connectivity index is 2.12. The Morgan fingerprint density at radius 3 is 2.42 bits per heavy atom. The molecule has 2 aromatic rings. The standard InChI is InChI=1S/C25H29BrN2O5/c1-5-33-19-12-9-17(15-20(19)32-4)22-21(23(29)16-7-10-18(26)11-8-16)24(30)25(31)28(22)14-6-13-27(2)3/h7-12,15,22,29H,5-6,13-14H2,1-4H3/t22-/m1/s1. The number of rotatable bonds is 9. The molecular formula is C25H29BrN2O5. The maximum absolute atomic E-state index is 13.1. The second-order valence-corrected chi connectivity index (χ2v) is 8.92. The summed E-state index contributed by atoms with van der Waals surface area (Å²) in [5.74, 6) is -0.449. The molecule has 0 aliphatic carbocycles. The van der Waals surface area contributed by atoms with Crippen molar-refractivity contribution in [2.24, 2.45) is 0 Å². The number of carbonyl (C=O) groups excluding carboxylic acids is 2. The van der Waals surface area contributed by atoms with Gasteiger partial charge in [-0.15, -0.1) is 0 Å². The molecule has 0 saturated carbocycles. The number of amides is 1. The van der Waals surface area contributed by atoms with E-state index >= 15 is 0 Å².